The summed E-state index contributed by atoms with van der Waals surface area (Å²) in [7, 11) is 0. The van der Waals surface area contributed by atoms with Gasteiger partial charge in [-0.15, -0.1) is 0 Å². The number of esters is 1. The summed E-state index contributed by atoms with van der Waals surface area (Å²) in [5.41, 5.74) is 0.128. The molecule has 0 aliphatic carbocycles. The molecule has 1 aromatic rings. The average Bonchev–Trinajstić information content (AvgIpc) is 2.55. The van der Waals surface area contributed by atoms with E-state index in [1.807, 2.05) is 37.3 Å². The van der Waals surface area contributed by atoms with Crippen molar-refractivity contribution in [2.45, 2.75) is 46.8 Å². The Bertz CT molecular complexity index is 635. The Morgan fingerprint density at radius 3 is 2.44 bits per heavy atom. The molecule has 2 atom stereocenters. The van der Waals surface area contributed by atoms with Gasteiger partial charge in [0.2, 0.25) is 0 Å². The van der Waals surface area contributed by atoms with Crippen LogP contribution in [0.5, 0.6) is 0 Å². The molecule has 1 aromatic carbocycles. The van der Waals surface area contributed by atoms with Crippen LogP contribution in [0.3, 0.4) is 0 Å². The van der Waals surface area contributed by atoms with Crippen molar-refractivity contribution < 1.29 is 23.9 Å². The molecule has 0 aromatic heterocycles. The maximum absolute atomic E-state index is 12.5. The first-order chi connectivity index (χ1) is 11.7. The Kier molecular flexibility index (Phi) is 5.82. The van der Waals surface area contributed by atoms with Gasteiger partial charge in [0, 0.05) is 6.54 Å². The number of nitrogens with zero attached hydrogens (tertiary/aromatic N) is 1. The predicted molar refractivity (Wildman–Crippen MR) is 91.5 cm³/mol. The molecule has 0 bridgehead atoms. The first kappa shape index (κ1) is 19.0. The number of hydrogen-bond acceptors (Lipinski definition) is 5. The Morgan fingerprint density at radius 1 is 1.20 bits per heavy atom. The summed E-state index contributed by atoms with van der Waals surface area (Å²) < 4.78 is 10.6. The van der Waals surface area contributed by atoms with Crippen molar-refractivity contribution in [2.75, 3.05) is 6.54 Å². The molecule has 6 nitrogen and oxygen atoms in total. The van der Waals surface area contributed by atoms with Gasteiger partial charge in [-0.1, -0.05) is 37.3 Å². The zero-order valence-electron chi connectivity index (χ0n) is 15.2. The Morgan fingerprint density at radius 2 is 1.84 bits per heavy atom. The zero-order chi connectivity index (χ0) is 18.6. The molecule has 0 radical (unpaired) electrons. The summed E-state index contributed by atoms with van der Waals surface area (Å²) in [4.78, 5) is 37.9. The van der Waals surface area contributed by atoms with Crippen LogP contribution in [0, 0.1) is 11.3 Å². The van der Waals surface area contributed by atoms with Crippen LogP contribution in [0.1, 0.15) is 39.7 Å². The summed E-state index contributed by atoms with van der Waals surface area (Å²) >= 11 is 0. The lowest BCUT2D eigenvalue weighted by Crippen LogP contribution is -2.52. The van der Waals surface area contributed by atoms with Gasteiger partial charge in [0.15, 0.2) is 6.10 Å². The number of hydrogen-bond donors (Lipinski definition) is 0. The number of amides is 2. The van der Waals surface area contributed by atoms with Crippen LogP contribution < -0.4 is 0 Å². The molecule has 0 spiro atoms. The van der Waals surface area contributed by atoms with Crippen LogP contribution >= 0.6 is 0 Å². The molecule has 1 aliphatic rings. The molecule has 0 saturated carbocycles. The highest BCUT2D eigenvalue weighted by atomic mass is 16.6. The second-order valence-corrected chi connectivity index (χ2v) is 7.47. The lowest BCUT2D eigenvalue weighted by atomic mass is 9.95. The topological polar surface area (TPSA) is 72.9 Å². The second-order valence-electron chi connectivity index (χ2n) is 7.47. The van der Waals surface area contributed by atoms with E-state index in [1.165, 1.54) is 0 Å². The zero-order valence-corrected chi connectivity index (χ0v) is 15.2. The van der Waals surface area contributed by atoms with Crippen LogP contribution in [-0.2, 0) is 25.7 Å². The molecule has 0 unspecified atom stereocenters. The molecular formula is C19H25NO5. The van der Waals surface area contributed by atoms with Crippen LogP contribution in [0.4, 0.5) is 4.79 Å². The quantitative estimate of drug-likeness (QED) is 0.785. The van der Waals surface area contributed by atoms with Crippen molar-refractivity contribution in [3.8, 4) is 0 Å². The molecule has 1 heterocycles. The van der Waals surface area contributed by atoms with E-state index >= 15 is 0 Å². The minimum atomic E-state index is -0.945. The van der Waals surface area contributed by atoms with Gasteiger partial charge >= 0.3 is 12.1 Å². The average molecular weight is 347 g/mol. The van der Waals surface area contributed by atoms with E-state index in [1.54, 1.807) is 20.8 Å². The maximum Gasteiger partial charge on any atom is 0.416 e. The van der Waals surface area contributed by atoms with E-state index < -0.39 is 29.5 Å². The molecule has 25 heavy (non-hydrogen) atoms. The van der Waals surface area contributed by atoms with Crippen LogP contribution in [-0.4, -0.2) is 35.5 Å². The number of benzene rings is 1. The van der Waals surface area contributed by atoms with Crippen LogP contribution in [0.15, 0.2) is 30.3 Å². The number of likely N-dealkylation sites (tertiary alicyclic amines) is 1. The van der Waals surface area contributed by atoms with Crippen molar-refractivity contribution in [3.05, 3.63) is 35.9 Å². The van der Waals surface area contributed by atoms with E-state index in [0.29, 0.717) is 6.42 Å². The maximum atomic E-state index is 12.5. The Labute approximate surface area is 148 Å². The molecule has 2 amide bonds. The number of carbonyl (C=O) groups excluding carboxylic acids is 3. The third-order valence-electron chi connectivity index (χ3n) is 3.94. The largest absolute Gasteiger partial charge is 0.452 e. The van der Waals surface area contributed by atoms with E-state index in [2.05, 4.69) is 0 Å². The summed E-state index contributed by atoms with van der Waals surface area (Å²) in [6, 6.07) is 9.23. The minimum absolute atomic E-state index is 0.0275. The second kappa shape index (κ2) is 7.68. The van der Waals surface area contributed by atoms with Gasteiger partial charge in [0.1, 0.15) is 6.61 Å². The van der Waals surface area contributed by atoms with Crippen molar-refractivity contribution in [2.24, 2.45) is 11.3 Å². The standard InChI is InChI=1S/C19H25NO5/c1-13-10-15(25-17(22)19(2,3)4)16(21)20(11-13)18(23)24-12-14-8-6-5-7-9-14/h5-9,13,15H,10-12H2,1-4H3/t13-,15-/m1/s1. The highest BCUT2D eigenvalue weighted by molar-refractivity contribution is 5.96. The first-order valence-corrected chi connectivity index (χ1v) is 8.41. The molecule has 1 saturated heterocycles. The molecule has 1 fully saturated rings. The van der Waals surface area contributed by atoms with Gasteiger partial charge in [0.05, 0.1) is 5.41 Å². The van der Waals surface area contributed by atoms with Crippen molar-refractivity contribution >= 4 is 18.0 Å². The van der Waals surface area contributed by atoms with Gasteiger partial charge in [-0.05, 0) is 38.7 Å². The third kappa shape index (κ3) is 5.05. The summed E-state index contributed by atoms with van der Waals surface area (Å²) in [5, 5.41) is 0. The van der Waals surface area contributed by atoms with Gasteiger partial charge in [-0.3, -0.25) is 9.59 Å². The summed E-state index contributed by atoms with van der Waals surface area (Å²) in [6.45, 7) is 7.41. The fourth-order valence-electron chi connectivity index (χ4n) is 2.48. The van der Waals surface area contributed by atoms with Gasteiger partial charge in [0.25, 0.3) is 5.91 Å². The highest BCUT2D eigenvalue weighted by Crippen LogP contribution is 2.24. The molecule has 6 heteroatoms. The van der Waals surface area contributed by atoms with E-state index in [0.717, 1.165) is 10.5 Å². The molecule has 136 valence electrons. The molecular weight excluding hydrogens is 322 g/mol. The summed E-state index contributed by atoms with van der Waals surface area (Å²) in [5.74, 6) is -0.953. The summed E-state index contributed by atoms with van der Waals surface area (Å²) in [6.07, 6.45) is -1.25. The van der Waals surface area contributed by atoms with E-state index in [-0.39, 0.29) is 19.1 Å². The Hall–Kier alpha value is -2.37. The molecule has 2 rings (SSSR count). The monoisotopic (exact) mass is 347 g/mol. The fourth-order valence-corrected chi connectivity index (χ4v) is 2.48. The van der Waals surface area contributed by atoms with Gasteiger partial charge < -0.3 is 9.47 Å². The lowest BCUT2D eigenvalue weighted by Gasteiger charge is -2.34. The lowest BCUT2D eigenvalue weighted by molar-refractivity contribution is -0.170. The predicted octanol–water partition coefficient (Wildman–Crippen LogP) is 3.15. The molecule has 0 N–H and O–H groups in total. The number of piperidine rings is 1. The van der Waals surface area contributed by atoms with Crippen LogP contribution in [0.25, 0.3) is 0 Å². The minimum Gasteiger partial charge on any atom is -0.452 e. The van der Waals surface area contributed by atoms with Crippen molar-refractivity contribution in [1.29, 1.82) is 0 Å². The smallest absolute Gasteiger partial charge is 0.416 e. The fraction of sp³-hybridized carbons (Fsp3) is 0.526. The third-order valence-corrected chi connectivity index (χ3v) is 3.94. The van der Waals surface area contributed by atoms with E-state index in [4.69, 9.17) is 9.47 Å². The normalized spacial score (nSPS) is 21.0. The number of imide groups is 1. The van der Waals surface area contributed by atoms with Crippen LogP contribution in [0.2, 0.25) is 0 Å². The van der Waals surface area contributed by atoms with E-state index in [9.17, 15) is 14.4 Å². The number of rotatable bonds is 3. The van der Waals surface area contributed by atoms with Crippen molar-refractivity contribution in [3.63, 3.8) is 0 Å². The molecule has 1 aliphatic heterocycles. The number of ether oxygens (including phenoxy) is 2. The van der Waals surface area contributed by atoms with Gasteiger partial charge in [-0.25, -0.2) is 9.69 Å². The van der Waals surface area contributed by atoms with Gasteiger partial charge in [-0.2, -0.15) is 0 Å². The highest BCUT2D eigenvalue weighted by Gasteiger charge is 2.40. The van der Waals surface area contributed by atoms with Crippen molar-refractivity contribution in [1.82, 2.24) is 4.90 Å². The SMILES string of the molecule is C[C@@H]1C[C@@H](OC(=O)C(C)(C)C)C(=O)N(C(=O)OCc2ccccc2)C1. The first-order valence-electron chi connectivity index (χ1n) is 8.41. The number of carbonyl (C=O) groups is 3. The Balaban J connectivity index is 2.00.